The molecule has 0 bridgehead atoms. The highest BCUT2D eigenvalue weighted by Gasteiger charge is 2.48. The molecule has 4 fully saturated rings. The maximum absolute atomic E-state index is 12.9. The van der Waals surface area contributed by atoms with Crippen molar-refractivity contribution in [3.05, 3.63) is 47.8 Å². The van der Waals surface area contributed by atoms with Gasteiger partial charge < -0.3 is 35.2 Å². The molecule has 1 amide bonds. The van der Waals surface area contributed by atoms with Crippen LogP contribution >= 0.6 is 0 Å². The smallest absolute Gasteiger partial charge is 0.271 e. The van der Waals surface area contributed by atoms with Gasteiger partial charge >= 0.3 is 0 Å². The third-order valence-corrected chi connectivity index (χ3v) is 10.7. The minimum absolute atomic E-state index is 0.0608. The maximum Gasteiger partial charge on any atom is 0.271 e. The molecule has 7 rings (SSSR count). The van der Waals surface area contributed by atoms with Crippen LogP contribution in [-0.2, 0) is 4.74 Å². The summed E-state index contributed by atoms with van der Waals surface area (Å²) in [5.74, 6) is 0.891. The fraction of sp³-hybridized carbons (Fsp3) is 0.543. The van der Waals surface area contributed by atoms with E-state index in [0.717, 1.165) is 57.7 Å². The Morgan fingerprint density at radius 3 is 2.43 bits per heavy atom. The topological polar surface area (TPSA) is 125 Å². The lowest BCUT2D eigenvalue weighted by molar-refractivity contribution is 0.0285. The minimum atomic E-state index is -0.663. The van der Waals surface area contributed by atoms with E-state index < -0.39 is 5.91 Å². The Bertz CT molecular complexity index is 1600. The Morgan fingerprint density at radius 1 is 1.00 bits per heavy atom. The zero-order chi connectivity index (χ0) is 32.5. The Morgan fingerprint density at radius 2 is 1.77 bits per heavy atom. The molecule has 6 heterocycles. The maximum atomic E-state index is 12.9. The van der Waals surface area contributed by atoms with Gasteiger partial charge in [-0.2, -0.15) is 0 Å². The number of aromatic nitrogens is 3. The van der Waals surface area contributed by atoms with Gasteiger partial charge in [-0.05, 0) is 82.0 Å². The predicted molar refractivity (Wildman–Crippen MR) is 184 cm³/mol. The Balaban J connectivity index is 1.16. The Kier molecular flexibility index (Phi) is 8.91. The number of carbonyl (C=O) groups excluding carboxylic acids is 1. The van der Waals surface area contributed by atoms with Crippen LogP contribution in [0.25, 0.3) is 11.4 Å². The van der Waals surface area contributed by atoms with E-state index in [1.165, 1.54) is 37.2 Å². The van der Waals surface area contributed by atoms with E-state index in [-0.39, 0.29) is 11.2 Å². The highest BCUT2D eigenvalue weighted by Crippen LogP contribution is 2.46. The lowest BCUT2D eigenvalue weighted by Crippen LogP contribution is -2.63. The fourth-order valence-electron chi connectivity index (χ4n) is 7.79. The first-order valence-corrected chi connectivity index (χ1v) is 17.0. The number of piperidine rings is 1. The minimum Gasteiger partial charge on any atom is -0.494 e. The normalized spacial score (nSPS) is 20.7. The van der Waals surface area contributed by atoms with Crippen LogP contribution in [0.1, 0.15) is 48.2 Å². The summed E-state index contributed by atoms with van der Waals surface area (Å²) in [6.45, 7) is 11.1. The molecule has 4 saturated heterocycles. The molecule has 0 aliphatic carbocycles. The van der Waals surface area contributed by atoms with E-state index in [1.807, 2.05) is 12.1 Å². The molecule has 3 aromatic rings. The molecule has 0 atom stereocenters. The van der Waals surface area contributed by atoms with Gasteiger partial charge in [0.25, 0.3) is 5.91 Å². The quantitative estimate of drug-likeness (QED) is 0.374. The number of nitrogens with zero attached hydrogens (tertiary/aromatic N) is 7. The Labute approximate surface area is 277 Å². The lowest BCUT2D eigenvalue weighted by atomic mass is 9.78. The van der Waals surface area contributed by atoms with Gasteiger partial charge in [0, 0.05) is 88.2 Å². The number of nitrogens with one attached hydrogen (secondary N) is 1. The van der Waals surface area contributed by atoms with Crippen LogP contribution in [-0.4, -0.2) is 115 Å². The predicted octanol–water partition coefficient (Wildman–Crippen LogP) is 3.67. The van der Waals surface area contributed by atoms with Gasteiger partial charge in [-0.1, -0.05) is 0 Å². The van der Waals surface area contributed by atoms with Crippen molar-refractivity contribution in [3.8, 4) is 17.1 Å². The summed E-state index contributed by atoms with van der Waals surface area (Å²) in [5, 5.41) is 3.41. The van der Waals surface area contributed by atoms with E-state index in [4.69, 9.17) is 25.2 Å². The summed E-state index contributed by atoms with van der Waals surface area (Å²) < 4.78 is 11.4. The SMILES string of the molecule is COc1cccnc1-c1nc(C(N)=O)c(Nc2ccc(N3CCC(N4CCN(C)CC4)CC3)c(C)c2)nc1N1CCC12CCOCC2. The van der Waals surface area contributed by atoms with Crippen LogP contribution in [0.2, 0.25) is 0 Å². The lowest BCUT2D eigenvalue weighted by Gasteiger charge is -2.55. The molecule has 0 saturated carbocycles. The number of carbonyl (C=O) groups is 1. The van der Waals surface area contributed by atoms with Gasteiger partial charge in [-0.15, -0.1) is 0 Å². The molecule has 3 N–H and O–H groups in total. The van der Waals surface area contributed by atoms with Crippen LogP contribution in [0, 0.1) is 6.92 Å². The number of ether oxygens (including phenoxy) is 2. The molecule has 47 heavy (non-hydrogen) atoms. The van der Waals surface area contributed by atoms with Crippen molar-refractivity contribution in [2.75, 3.05) is 88.3 Å². The number of primary amides is 1. The third-order valence-electron chi connectivity index (χ3n) is 10.7. The van der Waals surface area contributed by atoms with Crippen LogP contribution < -0.4 is 25.6 Å². The zero-order valence-corrected chi connectivity index (χ0v) is 27.9. The van der Waals surface area contributed by atoms with E-state index in [1.54, 1.807) is 13.3 Å². The molecule has 4 aliphatic rings. The number of rotatable bonds is 8. The number of likely N-dealkylation sites (N-methyl/N-ethyl adjacent to an activating group) is 1. The number of nitrogens with two attached hydrogens (primary N) is 1. The second-order valence-electron chi connectivity index (χ2n) is 13.4. The van der Waals surface area contributed by atoms with Crippen LogP contribution in [0.5, 0.6) is 5.75 Å². The molecule has 0 unspecified atom stereocenters. The van der Waals surface area contributed by atoms with E-state index in [0.29, 0.717) is 48.0 Å². The molecule has 4 aliphatic heterocycles. The number of piperazine rings is 1. The van der Waals surface area contributed by atoms with Gasteiger partial charge in [0.15, 0.2) is 17.3 Å². The number of amides is 1. The second-order valence-corrected chi connectivity index (χ2v) is 13.4. The highest BCUT2D eigenvalue weighted by molar-refractivity contribution is 5.98. The highest BCUT2D eigenvalue weighted by atomic mass is 16.5. The van der Waals surface area contributed by atoms with Gasteiger partial charge in [0.05, 0.1) is 7.11 Å². The number of hydrogen-bond donors (Lipinski definition) is 2. The zero-order valence-electron chi connectivity index (χ0n) is 27.9. The summed E-state index contributed by atoms with van der Waals surface area (Å²) in [4.78, 5) is 37.4. The molecule has 12 heteroatoms. The first-order valence-electron chi connectivity index (χ1n) is 17.0. The van der Waals surface area contributed by atoms with Crippen LogP contribution in [0.15, 0.2) is 36.5 Å². The first kappa shape index (κ1) is 31.6. The molecule has 250 valence electrons. The summed E-state index contributed by atoms with van der Waals surface area (Å²) in [7, 11) is 3.81. The van der Waals surface area contributed by atoms with E-state index >= 15 is 0 Å². The van der Waals surface area contributed by atoms with Crippen LogP contribution in [0.3, 0.4) is 0 Å². The van der Waals surface area contributed by atoms with Crippen molar-refractivity contribution < 1.29 is 14.3 Å². The van der Waals surface area contributed by atoms with Crippen molar-refractivity contribution in [2.24, 2.45) is 5.73 Å². The number of pyridine rings is 1. The fourth-order valence-corrected chi connectivity index (χ4v) is 7.79. The third kappa shape index (κ3) is 6.21. The molecule has 1 aromatic carbocycles. The average molecular weight is 642 g/mol. The number of hydrogen-bond acceptors (Lipinski definition) is 11. The number of anilines is 4. The summed E-state index contributed by atoms with van der Waals surface area (Å²) >= 11 is 0. The van der Waals surface area contributed by atoms with Gasteiger partial charge in [-0.3, -0.25) is 14.7 Å². The largest absolute Gasteiger partial charge is 0.494 e. The molecule has 0 radical (unpaired) electrons. The summed E-state index contributed by atoms with van der Waals surface area (Å²) in [6, 6.07) is 10.7. The Hall–Kier alpha value is -4.00. The molecule has 12 nitrogen and oxygen atoms in total. The summed E-state index contributed by atoms with van der Waals surface area (Å²) in [5.41, 5.74) is 10.2. The molecular weight excluding hydrogens is 594 g/mol. The van der Waals surface area contributed by atoms with Gasteiger partial charge in [0.2, 0.25) is 0 Å². The molecule has 1 spiro atoms. The standard InChI is InChI=1S/C35H47N9O3/c1-24-23-25(6-7-27(24)43-14-8-26(9-15-43)42-19-17-41(2)18-20-42)38-33-31(32(36)45)39-30(29-28(46-3)5-4-13-37-29)34(40-33)44-16-10-35(44)11-21-47-22-12-35/h4-7,13,23,26H,8-12,14-22H2,1-3H3,(H2,36,45)(H,38,40). The van der Waals surface area contributed by atoms with Crippen molar-refractivity contribution in [1.29, 1.82) is 0 Å². The number of benzene rings is 1. The van der Waals surface area contributed by atoms with Crippen molar-refractivity contribution in [1.82, 2.24) is 24.8 Å². The van der Waals surface area contributed by atoms with Gasteiger partial charge in [0.1, 0.15) is 17.1 Å². The second kappa shape index (κ2) is 13.2. The molecule has 2 aromatic heterocycles. The van der Waals surface area contributed by atoms with E-state index in [9.17, 15) is 4.79 Å². The van der Waals surface area contributed by atoms with Crippen LogP contribution in [0.4, 0.5) is 23.0 Å². The van der Waals surface area contributed by atoms with Gasteiger partial charge in [-0.25, -0.2) is 9.97 Å². The van der Waals surface area contributed by atoms with Crippen molar-refractivity contribution >= 4 is 28.9 Å². The first-order chi connectivity index (χ1) is 22.8. The summed E-state index contributed by atoms with van der Waals surface area (Å²) in [6.07, 6.45) is 6.91. The van der Waals surface area contributed by atoms with E-state index in [2.05, 4.69) is 62.1 Å². The monoisotopic (exact) mass is 641 g/mol. The number of methoxy groups -OCH3 is 1. The van der Waals surface area contributed by atoms with Crippen molar-refractivity contribution in [2.45, 2.75) is 50.6 Å². The molecular formula is C35H47N9O3. The van der Waals surface area contributed by atoms with Crippen molar-refractivity contribution in [3.63, 3.8) is 0 Å². The number of aryl methyl sites for hydroxylation is 1. The average Bonchev–Trinajstić information content (AvgIpc) is 3.09.